The summed E-state index contributed by atoms with van der Waals surface area (Å²) in [4.78, 5) is 2.27. The predicted molar refractivity (Wildman–Crippen MR) is 170 cm³/mol. The molecule has 0 fully saturated rings. The van der Waals surface area contributed by atoms with Gasteiger partial charge in [0, 0.05) is 51.3 Å². The fourth-order valence-electron chi connectivity index (χ4n) is 6.23. The highest BCUT2D eigenvalue weighted by atomic mass is 15.1. The molecule has 0 atom stereocenters. The van der Waals surface area contributed by atoms with Gasteiger partial charge in [-0.3, -0.25) is 0 Å². The van der Waals surface area contributed by atoms with Gasteiger partial charge < -0.3 is 14.0 Å². The smallest absolute Gasteiger partial charge is 0.0541 e. The zero-order chi connectivity index (χ0) is 26.6. The topological polar surface area (TPSA) is 13.1 Å². The first-order chi connectivity index (χ1) is 19.8. The van der Waals surface area contributed by atoms with Crippen molar-refractivity contribution in [3.63, 3.8) is 0 Å². The highest BCUT2D eigenvalue weighted by molar-refractivity contribution is 6.10. The van der Waals surface area contributed by atoms with E-state index in [1.807, 2.05) is 0 Å². The Bertz CT molecular complexity index is 1930. The van der Waals surface area contributed by atoms with E-state index in [0.717, 1.165) is 22.7 Å². The summed E-state index contributed by atoms with van der Waals surface area (Å²) in [7, 11) is 2.15. The maximum absolute atomic E-state index is 2.37. The Balaban J connectivity index is 1.25. The third-order valence-corrected chi connectivity index (χ3v) is 8.11. The van der Waals surface area contributed by atoms with Gasteiger partial charge in [0.2, 0.25) is 0 Å². The van der Waals surface area contributed by atoms with Gasteiger partial charge in [-0.15, -0.1) is 0 Å². The molecular weight excluding hydrogens is 486 g/mol. The lowest BCUT2D eigenvalue weighted by Crippen LogP contribution is -2.10. The van der Waals surface area contributed by atoms with Gasteiger partial charge in [-0.2, -0.15) is 0 Å². The van der Waals surface area contributed by atoms with Crippen molar-refractivity contribution in [1.29, 1.82) is 0 Å². The van der Waals surface area contributed by atoms with Crippen molar-refractivity contribution in [2.24, 2.45) is 0 Å². The van der Waals surface area contributed by atoms with Crippen LogP contribution in [0, 0.1) is 0 Å². The van der Waals surface area contributed by atoms with Crippen molar-refractivity contribution in [2.45, 2.75) is 0 Å². The molecule has 3 nitrogen and oxygen atoms in total. The molecule has 40 heavy (non-hydrogen) atoms. The lowest BCUT2D eigenvalue weighted by atomic mass is 10.2. The minimum atomic E-state index is 1.14. The third kappa shape index (κ3) is 3.38. The summed E-state index contributed by atoms with van der Waals surface area (Å²) in [6, 6.07) is 52.3. The summed E-state index contributed by atoms with van der Waals surface area (Å²) in [5.41, 5.74) is 9.46. The second kappa shape index (κ2) is 8.89. The molecular formula is C37H27N3. The van der Waals surface area contributed by atoms with E-state index in [2.05, 4.69) is 167 Å². The second-order valence-corrected chi connectivity index (χ2v) is 10.3. The lowest BCUT2D eigenvalue weighted by molar-refractivity contribution is 1.14. The number of aromatic nitrogens is 2. The first-order valence-electron chi connectivity index (χ1n) is 13.7. The minimum absolute atomic E-state index is 1.14. The van der Waals surface area contributed by atoms with E-state index in [9.17, 15) is 0 Å². The summed E-state index contributed by atoms with van der Waals surface area (Å²) in [6.45, 7) is 0. The number of para-hydroxylation sites is 4. The van der Waals surface area contributed by atoms with E-state index >= 15 is 0 Å². The molecule has 0 saturated carbocycles. The average Bonchev–Trinajstić information content (AvgIpc) is 3.54. The van der Waals surface area contributed by atoms with Crippen LogP contribution < -0.4 is 4.90 Å². The molecule has 0 unspecified atom stereocenters. The highest BCUT2D eigenvalue weighted by Crippen LogP contribution is 2.36. The van der Waals surface area contributed by atoms with Gasteiger partial charge >= 0.3 is 0 Å². The summed E-state index contributed by atoms with van der Waals surface area (Å²) in [6.07, 6.45) is 0. The number of nitrogens with zero attached hydrogens (tertiary/aromatic N) is 3. The molecule has 0 amide bonds. The predicted octanol–water partition coefficient (Wildman–Crippen LogP) is 9.65. The summed E-state index contributed by atoms with van der Waals surface area (Å²) < 4.78 is 4.74. The van der Waals surface area contributed by atoms with Crippen LogP contribution in [-0.2, 0) is 0 Å². The van der Waals surface area contributed by atoms with Gasteiger partial charge in [0.05, 0.1) is 22.1 Å². The van der Waals surface area contributed by atoms with Crippen molar-refractivity contribution in [2.75, 3.05) is 11.9 Å². The van der Waals surface area contributed by atoms with E-state index in [0.29, 0.717) is 0 Å². The number of benzene rings is 6. The van der Waals surface area contributed by atoms with Crippen LogP contribution in [0.3, 0.4) is 0 Å². The molecule has 190 valence electrons. The van der Waals surface area contributed by atoms with E-state index in [1.165, 1.54) is 43.6 Å². The Morgan fingerprint density at radius 3 is 1.05 bits per heavy atom. The molecule has 0 bridgehead atoms. The average molecular weight is 514 g/mol. The maximum atomic E-state index is 2.37. The Hall–Kier alpha value is -5.28. The van der Waals surface area contributed by atoms with Gasteiger partial charge in [0.25, 0.3) is 0 Å². The zero-order valence-electron chi connectivity index (χ0n) is 22.2. The van der Waals surface area contributed by atoms with Gasteiger partial charge in [0.15, 0.2) is 0 Å². The fourth-order valence-corrected chi connectivity index (χ4v) is 6.23. The fraction of sp³-hybridized carbons (Fsp3) is 0.0270. The monoisotopic (exact) mass is 513 g/mol. The van der Waals surface area contributed by atoms with Crippen LogP contribution in [0.25, 0.3) is 55.0 Å². The van der Waals surface area contributed by atoms with Gasteiger partial charge in [-0.05, 0) is 60.7 Å². The van der Waals surface area contributed by atoms with E-state index < -0.39 is 0 Å². The van der Waals surface area contributed by atoms with Crippen molar-refractivity contribution in [1.82, 2.24) is 9.13 Å². The molecule has 3 heteroatoms. The van der Waals surface area contributed by atoms with Crippen LogP contribution in [-0.4, -0.2) is 16.2 Å². The normalized spacial score (nSPS) is 11.6. The SMILES string of the molecule is CN(c1cccc(-n2c3ccccc3c3ccccc32)c1)c1cccc(-n2c3ccccc3c3ccccc32)c1. The van der Waals surface area contributed by atoms with Gasteiger partial charge in [0.1, 0.15) is 0 Å². The standard InChI is InChI=1S/C37H27N3/c1-38(26-12-10-14-28(24-26)39-34-20-6-2-16-30(34)31-17-3-7-21-35(31)39)27-13-11-15-29(25-27)40-36-22-8-4-18-32(36)33-19-5-9-23-37(33)40/h2-25H,1H3. The Kier molecular flexibility index (Phi) is 5.04. The second-order valence-electron chi connectivity index (χ2n) is 10.3. The van der Waals surface area contributed by atoms with Crippen molar-refractivity contribution in [3.8, 4) is 11.4 Å². The minimum Gasteiger partial charge on any atom is -0.344 e. The molecule has 0 aliphatic carbocycles. The molecule has 0 saturated heterocycles. The zero-order valence-corrected chi connectivity index (χ0v) is 22.2. The molecule has 0 N–H and O–H groups in total. The molecule has 0 spiro atoms. The molecule has 0 aliphatic heterocycles. The number of fused-ring (bicyclic) bond motifs is 6. The van der Waals surface area contributed by atoms with E-state index in [4.69, 9.17) is 0 Å². The first kappa shape index (κ1) is 22.7. The maximum Gasteiger partial charge on any atom is 0.0541 e. The summed E-state index contributed by atoms with van der Waals surface area (Å²) >= 11 is 0. The Morgan fingerprint density at radius 2 is 0.700 bits per heavy atom. The first-order valence-corrected chi connectivity index (χ1v) is 13.7. The Morgan fingerprint density at radius 1 is 0.375 bits per heavy atom. The lowest BCUT2D eigenvalue weighted by Gasteiger charge is -2.22. The van der Waals surface area contributed by atoms with Gasteiger partial charge in [-0.25, -0.2) is 0 Å². The van der Waals surface area contributed by atoms with Crippen LogP contribution >= 0.6 is 0 Å². The molecule has 0 radical (unpaired) electrons. The molecule has 0 aliphatic rings. The molecule has 6 aromatic carbocycles. The largest absolute Gasteiger partial charge is 0.344 e. The summed E-state index contributed by atoms with van der Waals surface area (Å²) in [5.74, 6) is 0. The van der Waals surface area contributed by atoms with Crippen molar-refractivity contribution in [3.05, 3.63) is 146 Å². The number of anilines is 2. The molecule has 2 heterocycles. The highest BCUT2D eigenvalue weighted by Gasteiger charge is 2.15. The van der Waals surface area contributed by atoms with Crippen molar-refractivity contribution < 1.29 is 0 Å². The Labute approximate surface area is 232 Å². The van der Waals surface area contributed by atoms with Crippen LogP contribution in [0.4, 0.5) is 11.4 Å². The molecule has 8 aromatic rings. The van der Waals surface area contributed by atoms with Crippen LogP contribution in [0.5, 0.6) is 0 Å². The summed E-state index contributed by atoms with van der Waals surface area (Å²) in [5, 5.41) is 5.10. The quantitative estimate of drug-likeness (QED) is 0.228. The van der Waals surface area contributed by atoms with Gasteiger partial charge in [-0.1, -0.05) is 84.9 Å². The number of rotatable bonds is 4. The number of hydrogen-bond donors (Lipinski definition) is 0. The van der Waals surface area contributed by atoms with Crippen LogP contribution in [0.2, 0.25) is 0 Å². The third-order valence-electron chi connectivity index (χ3n) is 8.11. The van der Waals surface area contributed by atoms with E-state index in [-0.39, 0.29) is 0 Å². The number of hydrogen-bond acceptors (Lipinski definition) is 1. The van der Waals surface area contributed by atoms with E-state index in [1.54, 1.807) is 0 Å². The van der Waals surface area contributed by atoms with Crippen LogP contribution in [0.15, 0.2) is 146 Å². The van der Waals surface area contributed by atoms with Crippen LogP contribution in [0.1, 0.15) is 0 Å². The molecule has 8 rings (SSSR count). The van der Waals surface area contributed by atoms with Crippen molar-refractivity contribution >= 4 is 55.0 Å². The molecule has 2 aromatic heterocycles.